The van der Waals surface area contributed by atoms with Gasteiger partial charge in [0, 0.05) is 5.16 Å². The van der Waals surface area contributed by atoms with E-state index >= 15 is 0 Å². The summed E-state index contributed by atoms with van der Waals surface area (Å²) in [6.07, 6.45) is 3.18. The lowest BCUT2D eigenvalue weighted by Crippen LogP contribution is -2.58. The van der Waals surface area contributed by atoms with Gasteiger partial charge in [0.25, 0.3) is 0 Å². The zero-order chi connectivity index (χ0) is 9.83. The molecule has 1 unspecified atom stereocenters. The van der Waals surface area contributed by atoms with Crippen molar-refractivity contribution < 1.29 is 0 Å². The maximum absolute atomic E-state index is 6.56. The molecule has 0 aromatic rings. The van der Waals surface area contributed by atoms with Crippen LogP contribution in [0.1, 0.15) is 40.0 Å². The lowest BCUT2D eigenvalue weighted by atomic mass is 10.2. The predicted octanol–water partition coefficient (Wildman–Crippen LogP) is 3.27. The van der Waals surface area contributed by atoms with Gasteiger partial charge in [-0.3, -0.25) is 0 Å². The first-order chi connectivity index (χ1) is 5.43. The largest absolute Gasteiger partial charge is 0.326 e. The first-order valence-electron chi connectivity index (χ1n) is 4.91. The Balaban J connectivity index is 4.46. The van der Waals surface area contributed by atoms with E-state index < -0.39 is 7.38 Å². The van der Waals surface area contributed by atoms with Crippen LogP contribution < -0.4 is 5.73 Å². The summed E-state index contributed by atoms with van der Waals surface area (Å²) >= 11 is 6.56. The fourth-order valence-corrected chi connectivity index (χ4v) is 5.99. The predicted molar refractivity (Wildman–Crippen MR) is 60.1 cm³/mol. The summed E-state index contributed by atoms with van der Waals surface area (Å²) in [4.78, 5) is 0. The van der Waals surface area contributed by atoms with E-state index in [9.17, 15) is 0 Å². The van der Waals surface area contributed by atoms with Crippen molar-refractivity contribution in [3.63, 3.8) is 0 Å². The van der Waals surface area contributed by atoms with Crippen molar-refractivity contribution in [1.29, 1.82) is 0 Å². The molecule has 0 amide bonds. The smallest absolute Gasteiger partial charge is 0.172 e. The van der Waals surface area contributed by atoms with Gasteiger partial charge in [0.05, 0.1) is 0 Å². The van der Waals surface area contributed by atoms with Gasteiger partial charge in [-0.05, 0) is 18.9 Å². The summed E-state index contributed by atoms with van der Waals surface area (Å²) in [5, 5.41) is -0.0649. The first kappa shape index (κ1) is 12.5. The Kier molecular flexibility index (Phi) is 4.81. The van der Waals surface area contributed by atoms with Crippen molar-refractivity contribution >= 4 is 18.5 Å². The van der Waals surface area contributed by atoms with Gasteiger partial charge in [-0.15, -0.1) is 0 Å². The lowest BCUT2D eigenvalue weighted by Gasteiger charge is -2.39. The third-order valence-corrected chi connectivity index (χ3v) is 8.94. The van der Waals surface area contributed by atoms with Crippen LogP contribution in [0.2, 0.25) is 12.6 Å². The highest BCUT2D eigenvalue weighted by molar-refractivity contribution is 7.21. The fraction of sp³-hybridized carbons (Fsp3) is 1.00. The Morgan fingerprint density at radius 1 is 1.25 bits per heavy atom. The molecular weight excluding hydrogens is 186 g/mol. The Hall–Kier alpha value is 0.467. The molecule has 0 bridgehead atoms. The van der Waals surface area contributed by atoms with Gasteiger partial charge in [0.2, 0.25) is 0 Å². The van der Waals surface area contributed by atoms with Crippen molar-refractivity contribution in [1.82, 2.24) is 0 Å². The van der Waals surface area contributed by atoms with Crippen molar-refractivity contribution in [2.45, 2.75) is 57.8 Å². The minimum atomic E-state index is -1.71. The summed E-state index contributed by atoms with van der Waals surface area (Å²) in [7, 11) is -1.71. The number of nitrogens with two attached hydrogens (primary N) is 1. The molecular formula is C9H22ClNSi. The van der Waals surface area contributed by atoms with E-state index in [1.165, 1.54) is 0 Å². The highest BCUT2D eigenvalue weighted by Gasteiger charge is 2.42. The zero-order valence-corrected chi connectivity index (χ0v) is 10.5. The molecule has 12 heavy (non-hydrogen) atoms. The standard InChI is InChI=1S/C9H22ClNSi/c1-5-8-12(4,10)9(11,6-2)7-3/h5-8,11H2,1-4H3. The van der Waals surface area contributed by atoms with Crippen LogP contribution in [-0.4, -0.2) is 12.5 Å². The molecule has 0 aliphatic rings. The molecule has 1 atom stereocenters. The maximum Gasteiger partial charge on any atom is 0.172 e. The van der Waals surface area contributed by atoms with E-state index in [2.05, 4.69) is 27.3 Å². The molecule has 0 aromatic carbocycles. The molecule has 1 nitrogen and oxygen atoms in total. The van der Waals surface area contributed by atoms with E-state index in [0.717, 1.165) is 25.3 Å². The Labute approximate surface area is 82.4 Å². The minimum absolute atomic E-state index is 0.0649. The fourth-order valence-electron chi connectivity index (χ4n) is 1.71. The van der Waals surface area contributed by atoms with Crippen LogP contribution in [0.5, 0.6) is 0 Å². The maximum atomic E-state index is 6.56. The lowest BCUT2D eigenvalue weighted by molar-refractivity contribution is 0.532. The van der Waals surface area contributed by atoms with E-state index in [1.54, 1.807) is 0 Å². The van der Waals surface area contributed by atoms with Crippen LogP contribution in [0.3, 0.4) is 0 Å². The Morgan fingerprint density at radius 3 is 1.92 bits per heavy atom. The van der Waals surface area contributed by atoms with E-state index in [-0.39, 0.29) is 5.16 Å². The molecule has 0 rings (SSSR count). The van der Waals surface area contributed by atoms with Crippen molar-refractivity contribution in [2.24, 2.45) is 5.73 Å². The average molecular weight is 208 g/mol. The second kappa shape index (κ2) is 4.63. The Bertz CT molecular complexity index is 132. The van der Waals surface area contributed by atoms with E-state index in [0.29, 0.717) is 0 Å². The van der Waals surface area contributed by atoms with Crippen molar-refractivity contribution in [3.05, 3.63) is 0 Å². The van der Waals surface area contributed by atoms with Gasteiger partial charge in [-0.2, -0.15) is 11.1 Å². The molecule has 0 aromatic heterocycles. The number of hydrogen-bond donors (Lipinski definition) is 1. The second-order valence-electron chi connectivity index (χ2n) is 3.81. The molecule has 3 heteroatoms. The van der Waals surface area contributed by atoms with Gasteiger partial charge in [-0.25, -0.2) is 0 Å². The monoisotopic (exact) mass is 207 g/mol. The van der Waals surface area contributed by atoms with E-state index in [4.69, 9.17) is 16.8 Å². The van der Waals surface area contributed by atoms with Crippen LogP contribution in [0.25, 0.3) is 0 Å². The van der Waals surface area contributed by atoms with Crippen LogP contribution >= 0.6 is 11.1 Å². The van der Waals surface area contributed by atoms with Gasteiger partial charge >= 0.3 is 0 Å². The summed E-state index contributed by atoms with van der Waals surface area (Å²) in [6, 6.07) is 1.13. The molecule has 0 saturated carbocycles. The molecule has 0 spiro atoms. The summed E-state index contributed by atoms with van der Waals surface area (Å²) in [5.74, 6) is 0. The summed E-state index contributed by atoms with van der Waals surface area (Å²) < 4.78 is 0. The summed E-state index contributed by atoms with van der Waals surface area (Å²) in [6.45, 7) is 8.67. The quantitative estimate of drug-likeness (QED) is 0.544. The zero-order valence-electron chi connectivity index (χ0n) is 8.78. The highest BCUT2D eigenvalue weighted by atomic mass is 35.6. The average Bonchev–Trinajstić information content (AvgIpc) is 2.02. The topological polar surface area (TPSA) is 26.0 Å². The van der Waals surface area contributed by atoms with Crippen LogP contribution in [0.4, 0.5) is 0 Å². The van der Waals surface area contributed by atoms with Gasteiger partial charge in [0.1, 0.15) is 0 Å². The molecule has 2 N–H and O–H groups in total. The van der Waals surface area contributed by atoms with Gasteiger partial charge in [0.15, 0.2) is 7.38 Å². The molecule has 0 aliphatic carbocycles. The number of rotatable bonds is 5. The molecule has 0 fully saturated rings. The third kappa shape index (κ3) is 2.48. The first-order valence-corrected chi connectivity index (χ1v) is 8.63. The SMILES string of the molecule is CCC[Si](C)(Cl)C(N)(CC)CC. The normalized spacial score (nSPS) is 17.5. The molecule has 0 radical (unpaired) electrons. The molecule has 74 valence electrons. The van der Waals surface area contributed by atoms with Crippen LogP contribution in [0.15, 0.2) is 0 Å². The Morgan fingerprint density at radius 2 is 1.67 bits per heavy atom. The number of hydrogen-bond acceptors (Lipinski definition) is 1. The minimum Gasteiger partial charge on any atom is -0.326 e. The summed E-state index contributed by atoms with van der Waals surface area (Å²) in [5.41, 5.74) is 6.29. The number of halogens is 1. The molecule has 0 aliphatic heterocycles. The van der Waals surface area contributed by atoms with E-state index in [1.807, 2.05) is 0 Å². The molecule has 0 saturated heterocycles. The molecule has 0 heterocycles. The van der Waals surface area contributed by atoms with Crippen molar-refractivity contribution in [3.8, 4) is 0 Å². The van der Waals surface area contributed by atoms with Gasteiger partial charge < -0.3 is 5.73 Å². The second-order valence-corrected chi connectivity index (χ2v) is 10.2. The third-order valence-electron chi connectivity index (χ3n) is 3.02. The van der Waals surface area contributed by atoms with Crippen LogP contribution in [0, 0.1) is 0 Å². The van der Waals surface area contributed by atoms with Gasteiger partial charge in [-0.1, -0.05) is 33.7 Å². The highest BCUT2D eigenvalue weighted by Crippen LogP contribution is 2.32. The van der Waals surface area contributed by atoms with Crippen LogP contribution in [-0.2, 0) is 0 Å². The van der Waals surface area contributed by atoms with Crippen molar-refractivity contribution in [2.75, 3.05) is 0 Å².